The van der Waals surface area contributed by atoms with Gasteiger partial charge in [-0.2, -0.15) is 0 Å². The Morgan fingerprint density at radius 1 is 0.912 bits per heavy atom. The maximum atomic E-state index is 11.8. The van der Waals surface area contributed by atoms with Crippen LogP contribution in [-0.2, 0) is 23.1 Å². The second kappa shape index (κ2) is 20.2. The van der Waals surface area contributed by atoms with E-state index in [1.165, 1.54) is 19.3 Å². The van der Waals surface area contributed by atoms with Gasteiger partial charge < -0.3 is 19.2 Å². The van der Waals surface area contributed by atoms with Gasteiger partial charge in [-0.25, -0.2) is 4.57 Å². The molecule has 2 unspecified atom stereocenters. The van der Waals surface area contributed by atoms with Gasteiger partial charge in [0.1, 0.15) is 25.9 Å². The first-order valence-corrected chi connectivity index (χ1v) is 14.1. The van der Waals surface area contributed by atoms with Gasteiger partial charge in [0.25, 0.3) is 0 Å². The van der Waals surface area contributed by atoms with Gasteiger partial charge >= 0.3 is 13.8 Å². The molecule has 0 fully saturated rings. The number of quaternary nitrogens is 1. The number of likely N-dealkylation sites (N-methyl/N-ethyl adjacent to an activating group) is 1. The summed E-state index contributed by atoms with van der Waals surface area (Å²) in [4.78, 5) is 21.4. The van der Waals surface area contributed by atoms with Crippen molar-refractivity contribution < 1.29 is 37.6 Å². The van der Waals surface area contributed by atoms with Crippen LogP contribution in [0.4, 0.5) is 0 Å². The van der Waals surface area contributed by atoms with Crippen molar-refractivity contribution in [3.63, 3.8) is 0 Å². The maximum Gasteiger partial charge on any atom is 0.472 e. The molecule has 0 bridgehead atoms. The van der Waals surface area contributed by atoms with Crippen LogP contribution in [0.2, 0.25) is 0 Å². The number of unbranched alkanes of at least 4 members (excludes halogenated alkanes) is 7. The number of hydrogen-bond acceptors (Lipinski definition) is 6. The lowest BCUT2D eigenvalue weighted by Gasteiger charge is -2.24. The van der Waals surface area contributed by atoms with E-state index in [1.54, 1.807) is 0 Å². The molecule has 0 aromatic carbocycles. The van der Waals surface area contributed by atoms with Crippen LogP contribution in [0.3, 0.4) is 0 Å². The Kier molecular flexibility index (Phi) is 19.6. The first kappa shape index (κ1) is 33.0. The summed E-state index contributed by atoms with van der Waals surface area (Å²) in [6, 6.07) is 0. The second-order valence-corrected chi connectivity index (χ2v) is 11.0. The van der Waals surface area contributed by atoms with Gasteiger partial charge in [-0.15, -0.1) is 0 Å². The van der Waals surface area contributed by atoms with E-state index in [-0.39, 0.29) is 19.2 Å². The summed E-state index contributed by atoms with van der Waals surface area (Å²) in [6.07, 6.45) is 18.9. The highest BCUT2D eigenvalue weighted by Gasteiger charge is 2.24. The molecule has 0 saturated carbocycles. The van der Waals surface area contributed by atoms with Crippen molar-refractivity contribution in [1.29, 1.82) is 0 Å². The van der Waals surface area contributed by atoms with Crippen LogP contribution in [-0.4, -0.2) is 74.1 Å². The van der Waals surface area contributed by atoms with Crippen molar-refractivity contribution in [2.45, 2.75) is 83.7 Å². The van der Waals surface area contributed by atoms with Gasteiger partial charge in [-0.05, 0) is 32.1 Å². The minimum atomic E-state index is -4.24. The zero-order chi connectivity index (χ0) is 25.7. The molecule has 8 nitrogen and oxygen atoms in total. The molecule has 9 heteroatoms. The van der Waals surface area contributed by atoms with E-state index in [2.05, 4.69) is 31.2 Å². The minimum Gasteiger partial charge on any atom is -0.463 e. The van der Waals surface area contributed by atoms with E-state index >= 15 is 0 Å². The number of aliphatic hydroxyl groups is 1. The van der Waals surface area contributed by atoms with E-state index in [0.29, 0.717) is 17.4 Å². The third kappa shape index (κ3) is 24.1. The summed E-state index contributed by atoms with van der Waals surface area (Å²) in [5.74, 6) is -0.389. The van der Waals surface area contributed by atoms with Crippen LogP contribution in [0.15, 0.2) is 24.3 Å². The molecular weight excluding hydrogens is 457 g/mol. The lowest BCUT2D eigenvalue weighted by atomic mass is 10.1. The number of phosphoric acid groups is 1. The van der Waals surface area contributed by atoms with Crippen molar-refractivity contribution in [3.8, 4) is 0 Å². The molecule has 2 N–H and O–H groups in total. The fraction of sp³-hybridized carbons (Fsp3) is 0.800. The molecule has 34 heavy (non-hydrogen) atoms. The van der Waals surface area contributed by atoms with Gasteiger partial charge in [0, 0.05) is 6.42 Å². The molecule has 0 aliphatic rings. The molecule has 0 aromatic heterocycles. The fourth-order valence-corrected chi connectivity index (χ4v) is 3.59. The average molecular weight is 507 g/mol. The molecule has 0 spiro atoms. The summed E-state index contributed by atoms with van der Waals surface area (Å²) in [7, 11) is 1.55. The summed E-state index contributed by atoms with van der Waals surface area (Å²) < 4.78 is 27.0. The molecule has 0 radical (unpaired) electrons. The number of esters is 1. The standard InChI is InChI=1S/C25H48NO7P/c1-5-6-7-8-9-10-11-12-13-14-15-16-17-18-19-25(28)31-22-24(27)23-33-34(29,30)32-21-20-26(2,3)4/h8-9,11-12,24,27H,5-7,10,13-23H2,1-4H3/p+1/b9-8+,12-11+. The number of carbonyl (C=O) groups is 1. The quantitative estimate of drug-likeness (QED) is 0.0688. The predicted molar refractivity (Wildman–Crippen MR) is 136 cm³/mol. The van der Waals surface area contributed by atoms with Crippen LogP contribution in [0.25, 0.3) is 0 Å². The number of hydrogen-bond donors (Lipinski definition) is 2. The zero-order valence-corrected chi connectivity index (χ0v) is 22.7. The molecule has 2 atom stereocenters. The third-order valence-electron chi connectivity index (χ3n) is 4.96. The van der Waals surface area contributed by atoms with Crippen molar-refractivity contribution in [1.82, 2.24) is 0 Å². The Hall–Kier alpha value is -1.02. The topological polar surface area (TPSA) is 102 Å². The van der Waals surface area contributed by atoms with Crippen LogP contribution < -0.4 is 0 Å². The molecule has 200 valence electrons. The Morgan fingerprint density at radius 3 is 2.18 bits per heavy atom. The molecule has 0 amide bonds. The highest BCUT2D eigenvalue weighted by Crippen LogP contribution is 2.43. The van der Waals surface area contributed by atoms with E-state index in [0.717, 1.165) is 44.9 Å². The van der Waals surface area contributed by atoms with E-state index in [1.807, 2.05) is 21.1 Å². The Bertz CT molecular complexity index is 617. The number of allylic oxidation sites excluding steroid dienone is 4. The Morgan fingerprint density at radius 2 is 1.53 bits per heavy atom. The van der Waals surface area contributed by atoms with Gasteiger partial charge in [0.15, 0.2) is 0 Å². The van der Waals surface area contributed by atoms with Gasteiger partial charge in [0.2, 0.25) is 0 Å². The molecule has 0 saturated heterocycles. The summed E-state index contributed by atoms with van der Waals surface area (Å²) in [6.45, 7) is 2.06. The van der Waals surface area contributed by atoms with Crippen LogP contribution in [0.5, 0.6) is 0 Å². The summed E-state index contributed by atoms with van der Waals surface area (Å²) in [5, 5.41) is 9.81. The van der Waals surface area contributed by atoms with E-state index < -0.39 is 20.5 Å². The lowest BCUT2D eigenvalue weighted by Crippen LogP contribution is -2.37. The highest BCUT2D eigenvalue weighted by molar-refractivity contribution is 7.47. The second-order valence-electron chi connectivity index (χ2n) is 9.58. The first-order chi connectivity index (χ1) is 16.1. The van der Waals surface area contributed by atoms with E-state index in [9.17, 15) is 19.4 Å². The summed E-state index contributed by atoms with van der Waals surface area (Å²) in [5.41, 5.74) is 0. The number of carbonyl (C=O) groups excluding carboxylic acids is 1. The van der Waals surface area contributed by atoms with Gasteiger partial charge in [0.05, 0.1) is 27.7 Å². The van der Waals surface area contributed by atoms with Crippen molar-refractivity contribution in [3.05, 3.63) is 24.3 Å². The third-order valence-corrected chi connectivity index (χ3v) is 5.95. The lowest BCUT2D eigenvalue weighted by molar-refractivity contribution is -0.870. The van der Waals surface area contributed by atoms with E-state index in [4.69, 9.17) is 13.8 Å². The molecular formula is C25H49NO7P+. The largest absolute Gasteiger partial charge is 0.472 e. The van der Waals surface area contributed by atoms with Crippen molar-refractivity contribution in [2.24, 2.45) is 0 Å². The van der Waals surface area contributed by atoms with Gasteiger partial charge in [-0.3, -0.25) is 13.8 Å². The molecule has 0 aliphatic heterocycles. The number of aliphatic hydroxyl groups excluding tert-OH is 1. The molecule has 0 aliphatic carbocycles. The first-order valence-electron chi connectivity index (χ1n) is 12.6. The SMILES string of the molecule is CCCC/C=C/C/C=C/CCCCCCCC(=O)OCC(O)COP(=O)(O)OCC[N+](C)(C)C. The monoisotopic (exact) mass is 506 g/mol. The average Bonchev–Trinajstić information content (AvgIpc) is 2.75. The number of rotatable bonds is 22. The van der Waals surface area contributed by atoms with Crippen LogP contribution in [0.1, 0.15) is 77.6 Å². The number of ether oxygens (including phenoxy) is 1. The van der Waals surface area contributed by atoms with Gasteiger partial charge in [-0.1, -0.05) is 63.3 Å². The van der Waals surface area contributed by atoms with Crippen molar-refractivity contribution in [2.75, 3.05) is 47.5 Å². The minimum absolute atomic E-state index is 0.0514. The predicted octanol–water partition coefficient (Wildman–Crippen LogP) is 5.15. The van der Waals surface area contributed by atoms with Crippen LogP contribution >= 0.6 is 7.82 Å². The van der Waals surface area contributed by atoms with Crippen LogP contribution in [0, 0.1) is 0 Å². The smallest absolute Gasteiger partial charge is 0.463 e. The maximum absolute atomic E-state index is 11.8. The summed E-state index contributed by atoms with van der Waals surface area (Å²) >= 11 is 0. The zero-order valence-electron chi connectivity index (χ0n) is 21.8. The fourth-order valence-electron chi connectivity index (χ4n) is 2.85. The molecule has 0 aromatic rings. The number of nitrogens with zero attached hydrogens (tertiary/aromatic N) is 1. The normalized spacial score (nSPS) is 15.1. The highest BCUT2D eigenvalue weighted by atomic mass is 31.2. The molecule has 0 heterocycles. The Balaban J connectivity index is 3.65. The Labute approximate surface area is 207 Å². The molecule has 0 rings (SSSR count). The number of phosphoric ester groups is 1. The van der Waals surface area contributed by atoms with Crippen molar-refractivity contribution >= 4 is 13.8 Å².